The van der Waals surface area contributed by atoms with Gasteiger partial charge in [0.25, 0.3) is 10.0 Å². The Labute approximate surface area is 228 Å². The van der Waals surface area contributed by atoms with Crippen molar-refractivity contribution in [3.63, 3.8) is 0 Å². The van der Waals surface area contributed by atoms with Crippen molar-refractivity contribution < 1.29 is 22.3 Å². The van der Waals surface area contributed by atoms with E-state index in [2.05, 4.69) is 35.8 Å². The standard InChI is InChI=1S/C25H27F2N9O3S/c26-25(27)35-6-4-20(34-35)19-12-30-23(9-21(19)29-10-15-7-16(8-15)14-37)32-22-3-5-28-24(33-22)17-11-31-36(13-17)40(38,39)18-1-2-18/h3-6,9,11-13,15-16,18,25,37H,1-2,7-8,10,14H2,(H2,28,29,30,32,33). The second-order valence-electron chi connectivity index (χ2n) is 10.1. The number of hydrogen-bond acceptors (Lipinski definition) is 10. The van der Waals surface area contributed by atoms with Crippen LogP contribution < -0.4 is 10.6 Å². The van der Waals surface area contributed by atoms with Crippen molar-refractivity contribution in [2.24, 2.45) is 11.8 Å². The summed E-state index contributed by atoms with van der Waals surface area (Å²) in [6.07, 6.45) is 10.2. The molecule has 0 aliphatic heterocycles. The second-order valence-corrected chi connectivity index (χ2v) is 12.1. The number of nitrogens with one attached hydrogen (secondary N) is 2. The summed E-state index contributed by atoms with van der Waals surface area (Å²) in [5, 5.41) is 23.4. The van der Waals surface area contributed by atoms with Crippen LogP contribution in [0.3, 0.4) is 0 Å². The van der Waals surface area contributed by atoms with E-state index in [-0.39, 0.29) is 12.4 Å². The molecular formula is C25H27F2N9O3S. The van der Waals surface area contributed by atoms with Gasteiger partial charge < -0.3 is 15.7 Å². The van der Waals surface area contributed by atoms with Crippen LogP contribution in [-0.4, -0.2) is 65.8 Å². The van der Waals surface area contributed by atoms with Crippen LogP contribution in [0.25, 0.3) is 22.6 Å². The highest BCUT2D eigenvalue weighted by atomic mass is 32.2. The van der Waals surface area contributed by atoms with E-state index in [0.717, 1.165) is 16.9 Å². The number of pyridine rings is 1. The lowest BCUT2D eigenvalue weighted by molar-refractivity contribution is 0.0568. The molecule has 4 heterocycles. The van der Waals surface area contributed by atoms with Crippen molar-refractivity contribution in [2.45, 2.75) is 37.5 Å². The van der Waals surface area contributed by atoms with Gasteiger partial charge in [-0.3, -0.25) is 0 Å². The molecule has 2 aliphatic carbocycles. The van der Waals surface area contributed by atoms with E-state index in [1.54, 1.807) is 18.3 Å². The second kappa shape index (κ2) is 10.5. The molecule has 0 atom stereocenters. The molecule has 2 saturated carbocycles. The molecule has 0 bridgehead atoms. The number of aliphatic hydroxyl groups excluding tert-OH is 1. The molecule has 0 unspecified atom stereocenters. The third kappa shape index (κ3) is 5.38. The number of aliphatic hydroxyl groups is 1. The normalized spacial score (nSPS) is 19.0. The first kappa shape index (κ1) is 26.3. The summed E-state index contributed by atoms with van der Waals surface area (Å²) >= 11 is 0. The maximum Gasteiger partial charge on any atom is 0.333 e. The molecular weight excluding hydrogens is 544 g/mol. The number of nitrogens with zero attached hydrogens (tertiary/aromatic N) is 7. The van der Waals surface area contributed by atoms with Gasteiger partial charge in [-0.25, -0.2) is 28.1 Å². The molecule has 0 aromatic carbocycles. The molecule has 3 N–H and O–H groups in total. The summed E-state index contributed by atoms with van der Waals surface area (Å²) in [5.41, 5.74) is 2.03. The zero-order chi connectivity index (χ0) is 27.9. The number of aromatic nitrogens is 7. The van der Waals surface area contributed by atoms with E-state index in [9.17, 15) is 22.3 Å². The monoisotopic (exact) mass is 571 g/mol. The average molecular weight is 572 g/mol. The van der Waals surface area contributed by atoms with E-state index in [4.69, 9.17) is 0 Å². The minimum Gasteiger partial charge on any atom is -0.396 e. The molecule has 12 nitrogen and oxygen atoms in total. The van der Waals surface area contributed by atoms with E-state index >= 15 is 0 Å². The predicted molar refractivity (Wildman–Crippen MR) is 142 cm³/mol. The van der Waals surface area contributed by atoms with Crippen LogP contribution in [0.2, 0.25) is 0 Å². The van der Waals surface area contributed by atoms with Crippen molar-refractivity contribution in [3.8, 4) is 22.6 Å². The van der Waals surface area contributed by atoms with Crippen molar-refractivity contribution in [1.29, 1.82) is 0 Å². The van der Waals surface area contributed by atoms with E-state index in [0.29, 0.717) is 70.0 Å². The van der Waals surface area contributed by atoms with Crippen LogP contribution in [0.1, 0.15) is 32.2 Å². The van der Waals surface area contributed by atoms with E-state index in [1.165, 1.54) is 30.9 Å². The van der Waals surface area contributed by atoms with Gasteiger partial charge in [-0.15, -0.1) is 0 Å². The van der Waals surface area contributed by atoms with Crippen molar-refractivity contribution >= 4 is 27.3 Å². The van der Waals surface area contributed by atoms with Crippen LogP contribution in [0.5, 0.6) is 0 Å². The van der Waals surface area contributed by atoms with Gasteiger partial charge in [0.15, 0.2) is 5.82 Å². The lowest BCUT2D eigenvalue weighted by Gasteiger charge is -2.34. The number of anilines is 3. The summed E-state index contributed by atoms with van der Waals surface area (Å²) in [5.74, 6) is 1.86. The molecule has 0 saturated heterocycles. The summed E-state index contributed by atoms with van der Waals surface area (Å²) in [6.45, 7) is -1.93. The first-order valence-electron chi connectivity index (χ1n) is 12.9. The van der Waals surface area contributed by atoms with Crippen molar-refractivity contribution in [3.05, 3.63) is 49.2 Å². The molecule has 6 rings (SSSR count). The fourth-order valence-corrected chi connectivity index (χ4v) is 6.16. The first-order valence-corrected chi connectivity index (χ1v) is 14.4. The highest BCUT2D eigenvalue weighted by Crippen LogP contribution is 2.35. The summed E-state index contributed by atoms with van der Waals surface area (Å²) in [4.78, 5) is 13.2. The van der Waals surface area contributed by atoms with Gasteiger partial charge in [0.1, 0.15) is 11.6 Å². The molecule has 4 aromatic heterocycles. The summed E-state index contributed by atoms with van der Waals surface area (Å²) in [7, 11) is -3.50. The molecule has 210 valence electrons. The third-order valence-electron chi connectivity index (χ3n) is 7.10. The van der Waals surface area contributed by atoms with Crippen molar-refractivity contribution in [1.82, 2.24) is 33.9 Å². The van der Waals surface area contributed by atoms with E-state index < -0.39 is 21.8 Å². The quantitative estimate of drug-likeness (QED) is 0.244. The molecule has 15 heteroatoms. The van der Waals surface area contributed by atoms with Gasteiger partial charge >= 0.3 is 6.55 Å². The minimum absolute atomic E-state index is 0.175. The zero-order valence-electron chi connectivity index (χ0n) is 21.2. The van der Waals surface area contributed by atoms with Crippen LogP contribution in [-0.2, 0) is 10.0 Å². The van der Waals surface area contributed by atoms with Gasteiger partial charge in [0, 0.05) is 49.1 Å². The third-order valence-corrected chi connectivity index (χ3v) is 9.13. The molecule has 40 heavy (non-hydrogen) atoms. The zero-order valence-corrected chi connectivity index (χ0v) is 22.0. The molecule has 2 fully saturated rings. The molecule has 4 aromatic rings. The minimum atomic E-state index is -3.50. The topological polar surface area (TPSA) is 153 Å². The van der Waals surface area contributed by atoms with Gasteiger partial charge in [0.2, 0.25) is 0 Å². The molecule has 0 amide bonds. The lowest BCUT2D eigenvalue weighted by Crippen LogP contribution is -2.31. The van der Waals surface area contributed by atoms with E-state index in [1.807, 2.05) is 0 Å². The summed E-state index contributed by atoms with van der Waals surface area (Å²) < 4.78 is 52.8. The van der Waals surface area contributed by atoms with Gasteiger partial charge in [0.05, 0.1) is 28.9 Å². The largest absolute Gasteiger partial charge is 0.396 e. The fraction of sp³-hybridized carbons (Fsp3) is 0.400. The number of alkyl halides is 2. The Hall–Kier alpha value is -3.98. The maximum atomic E-state index is 13.1. The average Bonchev–Trinajstić information content (AvgIpc) is 3.45. The van der Waals surface area contributed by atoms with Crippen LogP contribution in [0.4, 0.5) is 26.1 Å². The molecule has 0 spiro atoms. The van der Waals surface area contributed by atoms with Crippen molar-refractivity contribution in [2.75, 3.05) is 23.8 Å². The Morgan fingerprint density at radius 3 is 2.65 bits per heavy atom. The smallest absolute Gasteiger partial charge is 0.333 e. The number of halogens is 2. The Morgan fingerprint density at radius 2 is 1.93 bits per heavy atom. The summed E-state index contributed by atoms with van der Waals surface area (Å²) in [6, 6.07) is 4.90. The Morgan fingerprint density at radius 1 is 1.10 bits per heavy atom. The molecule has 2 aliphatic rings. The first-order chi connectivity index (χ1) is 19.3. The Balaban J connectivity index is 1.23. The maximum absolute atomic E-state index is 13.1. The van der Waals surface area contributed by atoms with Gasteiger partial charge in [-0.1, -0.05) is 0 Å². The van der Waals surface area contributed by atoms with Crippen LogP contribution in [0, 0.1) is 11.8 Å². The van der Waals surface area contributed by atoms with Gasteiger partial charge in [-0.05, 0) is 49.7 Å². The highest BCUT2D eigenvalue weighted by Gasteiger charge is 2.37. The predicted octanol–water partition coefficient (Wildman–Crippen LogP) is 3.51. The Kier molecular flexibility index (Phi) is 6.92. The number of hydrogen-bond donors (Lipinski definition) is 3. The van der Waals surface area contributed by atoms with Gasteiger partial charge in [-0.2, -0.15) is 23.1 Å². The molecule has 0 radical (unpaired) electrons. The Bertz CT molecular complexity index is 1610. The van der Waals surface area contributed by atoms with Crippen LogP contribution in [0.15, 0.2) is 49.2 Å². The fourth-order valence-electron chi connectivity index (χ4n) is 4.68. The highest BCUT2D eigenvalue weighted by molar-refractivity contribution is 7.90. The van der Waals surface area contributed by atoms with Crippen LogP contribution >= 0.6 is 0 Å². The number of rotatable bonds is 11. The lowest BCUT2D eigenvalue weighted by atomic mass is 9.75. The SMILES string of the molecule is O=S(=O)(C1CC1)n1cc(-c2nccc(Nc3cc(NCC4CC(CO)C4)c(-c4ccn(C(F)F)n4)cn3)n2)cn1.